The van der Waals surface area contributed by atoms with E-state index >= 15 is 0 Å². The van der Waals surface area contributed by atoms with Crippen molar-refractivity contribution in [3.05, 3.63) is 155 Å². The molecule has 0 saturated carbocycles. The molecule has 4 aromatic carbocycles. The first-order valence-electron chi connectivity index (χ1n) is 9.80. The Labute approximate surface area is 205 Å². The summed E-state index contributed by atoms with van der Waals surface area (Å²) < 4.78 is 0. The molecule has 0 saturated heterocycles. The molecule has 4 aromatic rings. The van der Waals surface area contributed by atoms with Gasteiger partial charge in [0.15, 0.2) is 0 Å². The van der Waals surface area contributed by atoms with Gasteiger partial charge in [-0.1, -0.05) is 79.7 Å². The van der Waals surface area contributed by atoms with Crippen LogP contribution in [0.2, 0.25) is 0 Å². The van der Waals surface area contributed by atoms with Crippen molar-refractivity contribution in [2.45, 2.75) is 6.92 Å². The zero-order valence-electron chi connectivity index (χ0n) is 18.1. The molecular weight excluding hydrogens is 350 g/mol. The molecule has 2 heteroatoms. The fourth-order valence-corrected chi connectivity index (χ4v) is 3.95. The monoisotopic (exact) mass is 374 g/mol. The molecule has 0 nitrogen and oxygen atoms in total. The van der Waals surface area contributed by atoms with Crippen LogP contribution in [-0.2, 0) is 0 Å². The van der Waals surface area contributed by atoms with Gasteiger partial charge in [0.05, 0.1) is 0 Å². The number of hydrogen-bond acceptors (Lipinski definition) is 0. The Balaban J connectivity index is 0.00000160. The van der Waals surface area contributed by atoms with Gasteiger partial charge in [-0.05, 0) is 5.92 Å². The molecule has 0 atom stereocenters. The number of rotatable bonds is 6. The van der Waals surface area contributed by atoms with Crippen LogP contribution in [-0.4, -0.2) is 0 Å². The predicted octanol–water partition coefficient (Wildman–Crippen LogP) is 0.973. The van der Waals surface area contributed by atoms with Crippen molar-refractivity contribution < 1.29 is 37.7 Å². The fraction of sp³-hybridized carbons (Fsp3) is 0.0714. The summed E-state index contributed by atoms with van der Waals surface area (Å²) in [7, 11) is 0. The quantitative estimate of drug-likeness (QED) is 0.349. The Kier molecular flexibility index (Phi) is 9.52. The molecular formula is C28H24Li2. The average Bonchev–Trinajstić information content (AvgIpc) is 2.77. The van der Waals surface area contributed by atoms with Crippen LogP contribution in [0.4, 0.5) is 0 Å². The molecule has 0 bridgehead atoms. The van der Waals surface area contributed by atoms with Crippen molar-refractivity contribution in [2.75, 3.05) is 0 Å². The molecule has 0 heterocycles. The third kappa shape index (κ3) is 5.49. The Hall–Kier alpha value is -2.19. The summed E-state index contributed by atoms with van der Waals surface area (Å²) in [5, 5.41) is 0. The Morgan fingerprint density at radius 3 is 0.800 bits per heavy atom. The van der Waals surface area contributed by atoms with Crippen molar-refractivity contribution in [1.29, 1.82) is 0 Å². The number of hydrogen-bond donors (Lipinski definition) is 0. The molecule has 0 fully saturated rings. The first-order chi connectivity index (χ1) is 13.8. The van der Waals surface area contributed by atoms with Crippen molar-refractivity contribution in [2.24, 2.45) is 5.92 Å². The molecule has 0 spiro atoms. The maximum Gasteiger partial charge on any atom is 1.00 e. The normalized spacial score (nSPS) is 9.93. The van der Waals surface area contributed by atoms with Gasteiger partial charge in [0.25, 0.3) is 0 Å². The zero-order chi connectivity index (χ0) is 19.2. The van der Waals surface area contributed by atoms with Gasteiger partial charge >= 0.3 is 37.7 Å². The van der Waals surface area contributed by atoms with E-state index in [1.807, 2.05) is 0 Å². The molecule has 0 aliphatic carbocycles. The van der Waals surface area contributed by atoms with Crippen LogP contribution in [0, 0.1) is 17.8 Å². The van der Waals surface area contributed by atoms with Gasteiger partial charge in [0.1, 0.15) is 0 Å². The first kappa shape index (κ1) is 24.1. The van der Waals surface area contributed by atoms with E-state index in [-0.39, 0.29) is 43.6 Å². The zero-order valence-corrected chi connectivity index (χ0v) is 18.1. The van der Waals surface area contributed by atoms with E-state index in [0.717, 1.165) is 0 Å². The second-order valence-corrected chi connectivity index (χ2v) is 7.01. The molecule has 4 rings (SSSR count). The van der Waals surface area contributed by atoms with Gasteiger partial charge < -0.3 is 0 Å². The van der Waals surface area contributed by atoms with Crippen molar-refractivity contribution in [3.8, 4) is 0 Å². The first-order valence-corrected chi connectivity index (χ1v) is 9.80. The van der Waals surface area contributed by atoms with E-state index in [2.05, 4.69) is 128 Å². The van der Waals surface area contributed by atoms with Gasteiger partial charge in [-0.2, -0.15) is 0 Å². The number of benzene rings is 4. The average molecular weight is 374 g/mol. The smallest absolute Gasteiger partial charge is 0.120 e. The SMILES string of the molecule is CC([C-](c1ccccc1)c1ccccc1)[C-](c1ccccc1)c1ccccc1.[Li+].[Li+]. The van der Waals surface area contributed by atoms with Crippen LogP contribution in [0.15, 0.2) is 121 Å². The molecule has 0 aliphatic heterocycles. The van der Waals surface area contributed by atoms with E-state index in [9.17, 15) is 0 Å². The summed E-state index contributed by atoms with van der Waals surface area (Å²) in [5.74, 6) is 2.93. The molecule has 30 heavy (non-hydrogen) atoms. The minimum atomic E-state index is 0. The molecule has 0 N–H and O–H groups in total. The van der Waals surface area contributed by atoms with Gasteiger partial charge in [-0.15, -0.1) is 82.6 Å². The molecule has 0 amide bonds. The Bertz CT molecular complexity index is 808. The molecule has 0 aliphatic rings. The maximum atomic E-state index is 2.32. The van der Waals surface area contributed by atoms with Crippen molar-refractivity contribution in [1.82, 2.24) is 0 Å². The standard InChI is InChI=1S/C28H24.2Li/c1-22(27(23-14-6-2-7-15-23)24-16-8-3-9-17-24)28(25-18-10-4-11-19-25)26-20-12-5-13-21-26;;/h2-22H,1H3;;/q-2;2*+1. The van der Waals surface area contributed by atoms with E-state index in [4.69, 9.17) is 0 Å². The van der Waals surface area contributed by atoms with Crippen molar-refractivity contribution in [3.63, 3.8) is 0 Å². The molecule has 0 aromatic heterocycles. The molecule has 0 unspecified atom stereocenters. The van der Waals surface area contributed by atoms with Gasteiger partial charge in [-0.3, -0.25) is 0 Å². The second-order valence-electron chi connectivity index (χ2n) is 7.01. The minimum absolute atomic E-state index is 0. The summed E-state index contributed by atoms with van der Waals surface area (Å²) >= 11 is 0. The maximum absolute atomic E-state index is 2.32. The third-order valence-electron chi connectivity index (χ3n) is 5.21. The van der Waals surface area contributed by atoms with Crippen LogP contribution in [0.5, 0.6) is 0 Å². The summed E-state index contributed by atoms with van der Waals surface area (Å²) in [5.41, 5.74) is 5.08. The summed E-state index contributed by atoms with van der Waals surface area (Å²) in [6.45, 7) is 2.32. The van der Waals surface area contributed by atoms with Crippen LogP contribution >= 0.6 is 0 Å². The predicted molar refractivity (Wildman–Crippen MR) is 118 cm³/mol. The van der Waals surface area contributed by atoms with Gasteiger partial charge in [0, 0.05) is 0 Å². The van der Waals surface area contributed by atoms with E-state index in [0.29, 0.717) is 0 Å². The van der Waals surface area contributed by atoms with E-state index in [1.54, 1.807) is 0 Å². The van der Waals surface area contributed by atoms with Crippen LogP contribution in [0.1, 0.15) is 29.2 Å². The van der Waals surface area contributed by atoms with Crippen LogP contribution in [0.25, 0.3) is 0 Å². The Morgan fingerprint density at radius 2 is 0.600 bits per heavy atom. The Morgan fingerprint density at radius 1 is 0.400 bits per heavy atom. The summed E-state index contributed by atoms with van der Waals surface area (Å²) in [6, 6.07) is 43.0. The van der Waals surface area contributed by atoms with Gasteiger partial charge in [-0.25, -0.2) is 0 Å². The summed E-state index contributed by atoms with van der Waals surface area (Å²) in [4.78, 5) is 0. The topological polar surface area (TPSA) is 0 Å². The van der Waals surface area contributed by atoms with Crippen molar-refractivity contribution >= 4 is 0 Å². The minimum Gasteiger partial charge on any atom is -0.120 e. The van der Waals surface area contributed by atoms with Crippen LogP contribution in [0.3, 0.4) is 0 Å². The third-order valence-corrected chi connectivity index (χ3v) is 5.21. The molecule has 0 radical (unpaired) electrons. The second kappa shape index (κ2) is 11.9. The largest absolute Gasteiger partial charge is 1.00 e. The van der Waals surface area contributed by atoms with Gasteiger partial charge in [0.2, 0.25) is 0 Å². The fourth-order valence-electron chi connectivity index (χ4n) is 3.95. The van der Waals surface area contributed by atoms with E-state index < -0.39 is 0 Å². The van der Waals surface area contributed by atoms with Crippen LogP contribution < -0.4 is 37.7 Å². The summed E-state index contributed by atoms with van der Waals surface area (Å²) in [6.07, 6.45) is 0. The molecule has 138 valence electrons. The van der Waals surface area contributed by atoms with E-state index in [1.165, 1.54) is 34.1 Å².